The van der Waals surface area contributed by atoms with Crippen LogP contribution in [0.4, 0.5) is 0 Å². The summed E-state index contributed by atoms with van der Waals surface area (Å²) in [6, 6.07) is 3.84. The Labute approximate surface area is 137 Å². The average Bonchev–Trinajstić information content (AvgIpc) is 3.19. The Morgan fingerprint density at radius 1 is 1.48 bits per heavy atom. The number of carbonyl (C=O) groups excluding carboxylic acids is 1. The fraction of sp³-hybridized carbons (Fsp3) is 0.706. The average molecular weight is 322 g/mol. The molecule has 1 N–H and O–H groups in total. The van der Waals surface area contributed by atoms with E-state index in [9.17, 15) is 9.90 Å². The number of morpholine rings is 1. The van der Waals surface area contributed by atoms with Crippen LogP contribution in [0, 0.1) is 5.92 Å². The van der Waals surface area contributed by atoms with Crippen molar-refractivity contribution in [2.75, 3.05) is 33.4 Å². The van der Waals surface area contributed by atoms with Crippen LogP contribution in [0.15, 0.2) is 22.8 Å². The van der Waals surface area contributed by atoms with Gasteiger partial charge in [-0.3, -0.25) is 9.69 Å². The molecule has 1 saturated carbocycles. The van der Waals surface area contributed by atoms with Gasteiger partial charge in [0.2, 0.25) is 5.91 Å². The molecule has 128 valence electrons. The summed E-state index contributed by atoms with van der Waals surface area (Å²) in [5.74, 6) is 1.07. The van der Waals surface area contributed by atoms with E-state index in [1.54, 1.807) is 18.2 Å². The maximum atomic E-state index is 12.5. The van der Waals surface area contributed by atoms with E-state index < -0.39 is 0 Å². The van der Waals surface area contributed by atoms with E-state index in [0.717, 1.165) is 31.6 Å². The van der Waals surface area contributed by atoms with Gasteiger partial charge in [0.1, 0.15) is 5.76 Å². The van der Waals surface area contributed by atoms with Crippen molar-refractivity contribution < 1.29 is 19.1 Å². The van der Waals surface area contributed by atoms with Gasteiger partial charge in [-0.2, -0.15) is 0 Å². The number of likely N-dealkylation sites (N-methyl/N-ethyl adjacent to an activating group) is 1. The van der Waals surface area contributed by atoms with E-state index in [-0.39, 0.29) is 24.0 Å². The van der Waals surface area contributed by atoms with Crippen molar-refractivity contribution in [3.05, 3.63) is 24.2 Å². The maximum absolute atomic E-state index is 12.5. The predicted molar refractivity (Wildman–Crippen MR) is 84.7 cm³/mol. The molecule has 1 aromatic heterocycles. The molecule has 2 aliphatic rings. The molecule has 1 amide bonds. The van der Waals surface area contributed by atoms with Crippen molar-refractivity contribution in [1.29, 1.82) is 0 Å². The van der Waals surface area contributed by atoms with Gasteiger partial charge in [-0.05, 0) is 25.0 Å². The lowest BCUT2D eigenvalue weighted by atomic mass is 9.94. The van der Waals surface area contributed by atoms with Gasteiger partial charge in [0.25, 0.3) is 0 Å². The number of aliphatic hydroxyl groups is 1. The first-order chi connectivity index (χ1) is 11.1. The Morgan fingerprint density at radius 3 is 3.04 bits per heavy atom. The van der Waals surface area contributed by atoms with E-state index in [4.69, 9.17) is 9.15 Å². The summed E-state index contributed by atoms with van der Waals surface area (Å²) in [7, 11) is 1.80. The molecule has 2 fully saturated rings. The molecule has 1 aromatic rings. The summed E-state index contributed by atoms with van der Waals surface area (Å²) in [6.45, 7) is 2.85. The first-order valence-electron chi connectivity index (χ1n) is 8.41. The Bertz CT molecular complexity index is 505. The predicted octanol–water partition coefficient (Wildman–Crippen LogP) is 1.10. The van der Waals surface area contributed by atoms with Gasteiger partial charge in [0.05, 0.1) is 38.7 Å². The molecule has 1 saturated heterocycles. The molecular formula is C17H26N2O4. The zero-order valence-electron chi connectivity index (χ0n) is 13.7. The van der Waals surface area contributed by atoms with Gasteiger partial charge in [-0.25, -0.2) is 0 Å². The summed E-state index contributed by atoms with van der Waals surface area (Å²) in [5.41, 5.74) is 0. The van der Waals surface area contributed by atoms with E-state index in [2.05, 4.69) is 4.90 Å². The Kier molecular flexibility index (Phi) is 5.35. The highest BCUT2D eigenvalue weighted by Gasteiger charge is 2.38. The normalized spacial score (nSPS) is 28.9. The SMILES string of the molecule is CN(Cc1ccco1)C(=O)CN1CCOC[C@@H]1[C@@H]1CCC[C@@H]1O. The number of rotatable bonds is 5. The fourth-order valence-electron chi connectivity index (χ4n) is 3.68. The number of ether oxygens (including phenoxy) is 1. The number of furan rings is 1. The largest absolute Gasteiger partial charge is 0.467 e. The molecule has 1 aliphatic carbocycles. The van der Waals surface area contributed by atoms with Crippen molar-refractivity contribution in [2.24, 2.45) is 5.92 Å². The molecule has 0 radical (unpaired) electrons. The number of nitrogens with zero attached hydrogens (tertiary/aromatic N) is 2. The lowest BCUT2D eigenvalue weighted by Crippen LogP contribution is -2.54. The molecule has 3 atom stereocenters. The third-order valence-corrected chi connectivity index (χ3v) is 5.04. The minimum absolute atomic E-state index is 0.0702. The minimum Gasteiger partial charge on any atom is -0.467 e. The summed E-state index contributed by atoms with van der Waals surface area (Å²) >= 11 is 0. The van der Waals surface area contributed by atoms with E-state index in [1.165, 1.54) is 0 Å². The molecule has 0 unspecified atom stereocenters. The molecular weight excluding hydrogens is 296 g/mol. The van der Waals surface area contributed by atoms with Crippen LogP contribution in [-0.2, 0) is 16.1 Å². The molecule has 3 rings (SSSR count). The topological polar surface area (TPSA) is 66.2 Å². The molecule has 6 heteroatoms. The highest BCUT2D eigenvalue weighted by molar-refractivity contribution is 5.78. The van der Waals surface area contributed by atoms with Crippen molar-refractivity contribution in [3.8, 4) is 0 Å². The van der Waals surface area contributed by atoms with Crippen LogP contribution in [0.5, 0.6) is 0 Å². The van der Waals surface area contributed by atoms with Crippen LogP contribution in [0.25, 0.3) is 0 Å². The van der Waals surface area contributed by atoms with Crippen LogP contribution in [0.2, 0.25) is 0 Å². The van der Waals surface area contributed by atoms with Crippen LogP contribution in [0.3, 0.4) is 0 Å². The summed E-state index contributed by atoms with van der Waals surface area (Å²) in [5, 5.41) is 10.2. The Morgan fingerprint density at radius 2 is 2.35 bits per heavy atom. The van der Waals surface area contributed by atoms with Crippen LogP contribution < -0.4 is 0 Å². The van der Waals surface area contributed by atoms with Crippen molar-refractivity contribution in [2.45, 2.75) is 38.0 Å². The number of hydrogen-bond donors (Lipinski definition) is 1. The van der Waals surface area contributed by atoms with Crippen LogP contribution in [-0.4, -0.2) is 66.3 Å². The second-order valence-corrected chi connectivity index (χ2v) is 6.60. The van der Waals surface area contributed by atoms with Crippen LogP contribution >= 0.6 is 0 Å². The van der Waals surface area contributed by atoms with Crippen LogP contribution in [0.1, 0.15) is 25.0 Å². The van der Waals surface area contributed by atoms with Gasteiger partial charge in [0, 0.05) is 25.6 Å². The van der Waals surface area contributed by atoms with Gasteiger partial charge in [0.15, 0.2) is 0 Å². The zero-order valence-corrected chi connectivity index (χ0v) is 13.7. The molecule has 6 nitrogen and oxygen atoms in total. The Balaban J connectivity index is 1.58. The van der Waals surface area contributed by atoms with Crippen molar-refractivity contribution >= 4 is 5.91 Å². The molecule has 1 aliphatic heterocycles. The standard InChI is InChI=1S/C17H26N2O4/c1-18(10-13-4-3-8-23-13)17(21)11-19-7-9-22-12-15(19)14-5-2-6-16(14)20/h3-4,8,14-16,20H,2,5-7,9-12H2,1H3/t14-,15+,16-/m0/s1. The van der Waals surface area contributed by atoms with Gasteiger partial charge in [-0.15, -0.1) is 0 Å². The second-order valence-electron chi connectivity index (χ2n) is 6.60. The maximum Gasteiger partial charge on any atom is 0.236 e. The summed E-state index contributed by atoms with van der Waals surface area (Å²) in [6.07, 6.45) is 4.29. The highest BCUT2D eigenvalue weighted by atomic mass is 16.5. The zero-order chi connectivity index (χ0) is 16.2. The van der Waals surface area contributed by atoms with Crippen molar-refractivity contribution in [1.82, 2.24) is 9.80 Å². The van der Waals surface area contributed by atoms with Gasteiger partial charge in [-0.1, -0.05) is 6.42 Å². The molecule has 0 bridgehead atoms. The summed E-state index contributed by atoms with van der Waals surface area (Å²) < 4.78 is 10.9. The van der Waals surface area contributed by atoms with E-state index in [0.29, 0.717) is 26.3 Å². The fourth-order valence-corrected chi connectivity index (χ4v) is 3.68. The molecule has 0 aromatic carbocycles. The van der Waals surface area contributed by atoms with Crippen molar-refractivity contribution in [3.63, 3.8) is 0 Å². The number of carbonyl (C=O) groups is 1. The molecule has 2 heterocycles. The highest BCUT2D eigenvalue weighted by Crippen LogP contribution is 2.32. The summed E-state index contributed by atoms with van der Waals surface area (Å²) in [4.78, 5) is 16.4. The third-order valence-electron chi connectivity index (χ3n) is 5.04. The van der Waals surface area contributed by atoms with E-state index in [1.807, 2.05) is 12.1 Å². The van der Waals surface area contributed by atoms with E-state index >= 15 is 0 Å². The lowest BCUT2D eigenvalue weighted by Gasteiger charge is -2.40. The number of amides is 1. The molecule has 23 heavy (non-hydrogen) atoms. The number of hydrogen-bond acceptors (Lipinski definition) is 5. The quantitative estimate of drug-likeness (QED) is 0.879. The first-order valence-corrected chi connectivity index (χ1v) is 8.41. The third kappa shape index (κ3) is 3.94. The van der Waals surface area contributed by atoms with Gasteiger partial charge >= 0.3 is 0 Å². The minimum atomic E-state index is -0.264. The lowest BCUT2D eigenvalue weighted by molar-refractivity contribution is -0.135. The monoisotopic (exact) mass is 322 g/mol. The first kappa shape index (κ1) is 16.5. The Hall–Kier alpha value is -1.37. The number of aliphatic hydroxyl groups excluding tert-OH is 1. The second kappa shape index (κ2) is 7.47. The van der Waals surface area contributed by atoms with Gasteiger partial charge < -0.3 is 19.2 Å². The smallest absolute Gasteiger partial charge is 0.236 e. The molecule has 0 spiro atoms.